The van der Waals surface area contributed by atoms with Gasteiger partial charge in [0.05, 0.1) is 0 Å². The molecule has 1 aliphatic heterocycles. The van der Waals surface area contributed by atoms with Crippen molar-refractivity contribution in [2.75, 3.05) is 41.4 Å². The lowest BCUT2D eigenvalue weighted by Gasteiger charge is -2.22. The van der Waals surface area contributed by atoms with E-state index in [1.807, 2.05) is 11.8 Å². The van der Waals surface area contributed by atoms with Crippen LogP contribution in [0.15, 0.2) is 6.07 Å². The van der Waals surface area contributed by atoms with Crippen molar-refractivity contribution in [2.45, 2.75) is 33.1 Å². The highest BCUT2D eigenvalue weighted by Gasteiger charge is 2.13. The molecular formula is C14H24N4S. The van der Waals surface area contributed by atoms with E-state index in [9.17, 15) is 0 Å². The van der Waals surface area contributed by atoms with E-state index in [1.165, 1.54) is 17.9 Å². The maximum atomic E-state index is 4.74. The third kappa shape index (κ3) is 4.27. The third-order valence-corrected chi connectivity index (χ3v) is 4.19. The average Bonchev–Trinajstić information content (AvgIpc) is 2.68. The van der Waals surface area contributed by atoms with Crippen LogP contribution in [-0.4, -0.2) is 41.1 Å². The van der Waals surface area contributed by atoms with Crippen molar-refractivity contribution in [1.29, 1.82) is 0 Å². The van der Waals surface area contributed by atoms with Crippen molar-refractivity contribution in [3.63, 3.8) is 0 Å². The average molecular weight is 280 g/mol. The Labute approximate surface area is 120 Å². The zero-order chi connectivity index (χ0) is 13.5. The Balaban J connectivity index is 2.20. The Morgan fingerprint density at radius 1 is 1.26 bits per heavy atom. The number of aromatic nitrogens is 2. The summed E-state index contributed by atoms with van der Waals surface area (Å²) < 4.78 is 0. The Morgan fingerprint density at radius 2 is 2.16 bits per heavy atom. The topological polar surface area (TPSA) is 41.1 Å². The van der Waals surface area contributed by atoms with Gasteiger partial charge in [0.1, 0.15) is 17.5 Å². The lowest BCUT2D eigenvalue weighted by Crippen LogP contribution is -2.27. The monoisotopic (exact) mass is 280 g/mol. The summed E-state index contributed by atoms with van der Waals surface area (Å²) in [4.78, 5) is 11.7. The number of rotatable bonds is 5. The summed E-state index contributed by atoms with van der Waals surface area (Å²) in [5.41, 5.74) is 0. The van der Waals surface area contributed by atoms with Gasteiger partial charge in [-0.05, 0) is 25.5 Å². The lowest BCUT2D eigenvalue weighted by molar-refractivity contribution is 0.775. The predicted octanol–water partition coefficient (Wildman–Crippen LogP) is 2.80. The van der Waals surface area contributed by atoms with Gasteiger partial charge in [0, 0.05) is 37.9 Å². The van der Waals surface area contributed by atoms with E-state index >= 15 is 0 Å². The molecule has 1 aliphatic rings. The molecule has 0 radical (unpaired) electrons. The molecular weight excluding hydrogens is 256 g/mol. The molecule has 1 fully saturated rings. The largest absolute Gasteiger partial charge is 0.370 e. The zero-order valence-electron chi connectivity index (χ0n) is 12.0. The molecule has 5 heteroatoms. The van der Waals surface area contributed by atoms with Crippen LogP contribution in [0.5, 0.6) is 0 Å². The number of thioether (sulfide) groups is 1. The maximum absolute atomic E-state index is 4.74. The van der Waals surface area contributed by atoms with E-state index < -0.39 is 0 Å². The van der Waals surface area contributed by atoms with Crippen molar-refractivity contribution < 1.29 is 0 Å². The Morgan fingerprint density at radius 3 is 2.95 bits per heavy atom. The fourth-order valence-electron chi connectivity index (χ4n) is 2.23. The molecule has 0 amide bonds. The molecule has 1 aromatic heterocycles. The standard InChI is InChI=1S/C14H24N4S/c1-3-6-12-16-13(15-4-2)11-14(17-12)18-7-5-9-19-10-8-18/h11H,3-10H2,1-2H3,(H,15,16,17). The smallest absolute Gasteiger partial charge is 0.134 e. The normalized spacial score (nSPS) is 16.2. The maximum Gasteiger partial charge on any atom is 0.134 e. The molecule has 19 heavy (non-hydrogen) atoms. The number of anilines is 2. The highest BCUT2D eigenvalue weighted by molar-refractivity contribution is 7.99. The summed E-state index contributed by atoms with van der Waals surface area (Å²) in [5.74, 6) is 5.49. The van der Waals surface area contributed by atoms with Crippen LogP contribution in [0.3, 0.4) is 0 Å². The van der Waals surface area contributed by atoms with Crippen molar-refractivity contribution >= 4 is 23.4 Å². The van der Waals surface area contributed by atoms with Gasteiger partial charge in [-0.15, -0.1) is 0 Å². The van der Waals surface area contributed by atoms with Crippen LogP contribution in [-0.2, 0) is 6.42 Å². The van der Waals surface area contributed by atoms with Gasteiger partial charge < -0.3 is 10.2 Å². The Bertz CT molecular complexity index is 365. The van der Waals surface area contributed by atoms with Crippen molar-refractivity contribution in [1.82, 2.24) is 9.97 Å². The molecule has 106 valence electrons. The highest BCUT2D eigenvalue weighted by Crippen LogP contribution is 2.20. The van der Waals surface area contributed by atoms with E-state index in [0.29, 0.717) is 0 Å². The van der Waals surface area contributed by atoms with Crippen LogP contribution in [0.2, 0.25) is 0 Å². The molecule has 0 atom stereocenters. The van der Waals surface area contributed by atoms with Gasteiger partial charge in [0.2, 0.25) is 0 Å². The Kier molecular flexibility index (Phi) is 5.76. The number of hydrogen-bond acceptors (Lipinski definition) is 5. The molecule has 0 spiro atoms. The number of nitrogens with zero attached hydrogens (tertiary/aromatic N) is 3. The minimum Gasteiger partial charge on any atom is -0.370 e. The van der Waals surface area contributed by atoms with E-state index in [0.717, 1.165) is 49.9 Å². The molecule has 2 heterocycles. The minimum absolute atomic E-state index is 0.901. The van der Waals surface area contributed by atoms with Gasteiger partial charge in [0.15, 0.2) is 0 Å². The van der Waals surface area contributed by atoms with Gasteiger partial charge >= 0.3 is 0 Å². The molecule has 1 aromatic rings. The van der Waals surface area contributed by atoms with E-state index in [2.05, 4.69) is 35.1 Å². The number of aryl methyl sites for hydroxylation is 1. The van der Waals surface area contributed by atoms with Crippen molar-refractivity contribution in [3.05, 3.63) is 11.9 Å². The summed E-state index contributed by atoms with van der Waals surface area (Å²) in [7, 11) is 0. The Hall–Kier alpha value is -0.970. The number of nitrogens with one attached hydrogen (secondary N) is 1. The SMILES string of the molecule is CCCc1nc(NCC)cc(N2CCCSCC2)n1. The molecule has 2 rings (SSSR count). The van der Waals surface area contributed by atoms with Crippen LogP contribution < -0.4 is 10.2 Å². The van der Waals surface area contributed by atoms with Crippen LogP contribution in [0.4, 0.5) is 11.6 Å². The quantitative estimate of drug-likeness (QED) is 0.898. The van der Waals surface area contributed by atoms with Crippen LogP contribution in [0, 0.1) is 0 Å². The van der Waals surface area contributed by atoms with Gasteiger partial charge in [-0.1, -0.05) is 6.92 Å². The molecule has 0 aliphatic carbocycles. The van der Waals surface area contributed by atoms with Gasteiger partial charge in [-0.3, -0.25) is 0 Å². The first-order chi connectivity index (χ1) is 9.33. The fraction of sp³-hybridized carbons (Fsp3) is 0.714. The summed E-state index contributed by atoms with van der Waals surface area (Å²) in [6.45, 7) is 7.38. The molecule has 0 unspecified atom stereocenters. The molecule has 0 saturated carbocycles. The van der Waals surface area contributed by atoms with Crippen LogP contribution in [0.25, 0.3) is 0 Å². The first-order valence-corrected chi connectivity index (χ1v) is 8.43. The third-order valence-electron chi connectivity index (χ3n) is 3.14. The van der Waals surface area contributed by atoms with Gasteiger partial charge in [-0.25, -0.2) is 9.97 Å². The molecule has 1 saturated heterocycles. The van der Waals surface area contributed by atoms with Gasteiger partial charge in [0.25, 0.3) is 0 Å². The second kappa shape index (κ2) is 7.58. The van der Waals surface area contributed by atoms with E-state index in [4.69, 9.17) is 4.98 Å². The van der Waals surface area contributed by atoms with Crippen molar-refractivity contribution in [2.24, 2.45) is 0 Å². The summed E-state index contributed by atoms with van der Waals surface area (Å²) in [6, 6.07) is 2.10. The second-order valence-electron chi connectivity index (χ2n) is 4.76. The zero-order valence-corrected chi connectivity index (χ0v) is 12.8. The van der Waals surface area contributed by atoms with E-state index in [-0.39, 0.29) is 0 Å². The highest BCUT2D eigenvalue weighted by atomic mass is 32.2. The molecule has 0 aromatic carbocycles. The van der Waals surface area contributed by atoms with Crippen LogP contribution in [0.1, 0.15) is 32.5 Å². The van der Waals surface area contributed by atoms with Gasteiger partial charge in [-0.2, -0.15) is 11.8 Å². The first kappa shape index (κ1) is 14.4. The number of hydrogen-bond donors (Lipinski definition) is 1. The molecule has 0 bridgehead atoms. The van der Waals surface area contributed by atoms with Crippen LogP contribution >= 0.6 is 11.8 Å². The summed E-state index contributed by atoms with van der Waals surface area (Å²) >= 11 is 2.04. The van der Waals surface area contributed by atoms with E-state index in [1.54, 1.807) is 0 Å². The summed E-state index contributed by atoms with van der Waals surface area (Å²) in [6.07, 6.45) is 3.29. The lowest BCUT2D eigenvalue weighted by atomic mass is 10.3. The molecule has 4 nitrogen and oxygen atoms in total. The summed E-state index contributed by atoms with van der Waals surface area (Å²) in [5, 5.41) is 3.32. The first-order valence-electron chi connectivity index (χ1n) is 7.28. The second-order valence-corrected chi connectivity index (χ2v) is 5.99. The van der Waals surface area contributed by atoms with Crippen molar-refractivity contribution in [3.8, 4) is 0 Å². The minimum atomic E-state index is 0.901. The fourth-order valence-corrected chi connectivity index (χ4v) is 3.11. The predicted molar refractivity (Wildman–Crippen MR) is 84.3 cm³/mol. The molecule has 1 N–H and O–H groups in total.